The number of likely N-dealkylation sites (tertiary alicyclic amines) is 1. The van der Waals surface area contributed by atoms with E-state index in [-0.39, 0.29) is 6.04 Å². The Hall–Kier alpha value is -2.42. The Morgan fingerprint density at radius 3 is 2.48 bits per heavy atom. The second kappa shape index (κ2) is 8.94. The van der Waals surface area contributed by atoms with Crippen LogP contribution in [0.15, 0.2) is 18.2 Å². The second-order valence-corrected chi connectivity index (χ2v) is 8.04. The molecule has 0 unspecified atom stereocenters. The summed E-state index contributed by atoms with van der Waals surface area (Å²) in [5.74, 6) is 1.92. The van der Waals surface area contributed by atoms with E-state index >= 15 is 0 Å². The summed E-state index contributed by atoms with van der Waals surface area (Å²) in [5, 5.41) is 17.6. The van der Waals surface area contributed by atoms with Gasteiger partial charge in [-0.3, -0.25) is 0 Å². The van der Waals surface area contributed by atoms with Crippen molar-refractivity contribution < 1.29 is 9.47 Å². The lowest BCUT2D eigenvalue weighted by Gasteiger charge is -2.34. The molecule has 1 aliphatic carbocycles. The van der Waals surface area contributed by atoms with Gasteiger partial charge in [-0.1, -0.05) is 12.8 Å². The minimum atomic E-state index is 0.238. The van der Waals surface area contributed by atoms with Gasteiger partial charge in [-0.2, -0.15) is 4.80 Å². The number of methoxy groups -OCH3 is 2. The topological polar surface area (TPSA) is 77.3 Å². The Labute approximate surface area is 176 Å². The fraction of sp³-hybridized carbons (Fsp3) is 0.600. The Morgan fingerprint density at radius 2 is 1.79 bits per heavy atom. The summed E-state index contributed by atoms with van der Waals surface area (Å²) in [6, 6.07) is 6.43. The minimum Gasteiger partial charge on any atom is -0.493 e. The molecule has 0 radical (unpaired) electrons. The van der Waals surface area contributed by atoms with Crippen LogP contribution in [0, 0.1) is 0 Å². The molecule has 0 atom stereocenters. The third-order valence-corrected chi connectivity index (χ3v) is 6.21. The number of aromatic nitrogens is 4. The van der Waals surface area contributed by atoms with Crippen molar-refractivity contribution in [2.24, 2.45) is 0 Å². The molecule has 29 heavy (non-hydrogen) atoms. The van der Waals surface area contributed by atoms with E-state index in [1.807, 2.05) is 18.2 Å². The molecule has 2 fully saturated rings. The van der Waals surface area contributed by atoms with Crippen molar-refractivity contribution >= 4 is 17.3 Å². The van der Waals surface area contributed by atoms with Gasteiger partial charge in [0.1, 0.15) is 0 Å². The van der Waals surface area contributed by atoms with Crippen LogP contribution >= 0.6 is 12.2 Å². The molecule has 9 heteroatoms. The summed E-state index contributed by atoms with van der Waals surface area (Å²) in [5.41, 5.74) is 0.855. The van der Waals surface area contributed by atoms with Gasteiger partial charge >= 0.3 is 0 Å². The zero-order valence-corrected chi connectivity index (χ0v) is 17.8. The highest BCUT2D eigenvalue weighted by Crippen LogP contribution is 2.31. The molecule has 0 amide bonds. The van der Waals surface area contributed by atoms with Gasteiger partial charge in [0.2, 0.25) is 5.82 Å². The van der Waals surface area contributed by atoms with Crippen molar-refractivity contribution in [3.05, 3.63) is 18.2 Å². The molecule has 2 aromatic rings. The third-order valence-electron chi connectivity index (χ3n) is 5.83. The van der Waals surface area contributed by atoms with Gasteiger partial charge in [-0.15, -0.1) is 10.2 Å². The zero-order valence-electron chi connectivity index (χ0n) is 17.0. The van der Waals surface area contributed by atoms with Crippen LogP contribution in [0.25, 0.3) is 11.4 Å². The molecule has 156 valence electrons. The number of ether oxygens (including phenoxy) is 2. The first kappa shape index (κ1) is 19.9. The van der Waals surface area contributed by atoms with E-state index in [1.165, 1.54) is 25.7 Å². The Bertz CT molecular complexity index is 843. The molecule has 1 N–H and O–H groups in total. The van der Waals surface area contributed by atoms with Crippen LogP contribution in [-0.4, -0.2) is 63.6 Å². The van der Waals surface area contributed by atoms with E-state index in [4.69, 9.17) is 21.7 Å². The van der Waals surface area contributed by atoms with E-state index in [0.717, 1.165) is 36.6 Å². The number of hydrogen-bond donors (Lipinski definition) is 1. The largest absolute Gasteiger partial charge is 0.493 e. The normalized spacial score (nSPS) is 18.1. The van der Waals surface area contributed by atoms with Crippen molar-refractivity contribution in [2.75, 3.05) is 27.3 Å². The van der Waals surface area contributed by atoms with E-state index in [2.05, 4.69) is 25.6 Å². The predicted molar refractivity (Wildman–Crippen MR) is 114 cm³/mol. The average Bonchev–Trinajstić information content (AvgIpc) is 3.45. The predicted octanol–water partition coefficient (Wildman–Crippen LogP) is 2.81. The average molecular weight is 417 g/mol. The Balaban J connectivity index is 1.36. The molecule has 1 aromatic heterocycles. The summed E-state index contributed by atoms with van der Waals surface area (Å²) in [7, 11) is 3.24. The molecule has 0 bridgehead atoms. The molecule has 1 saturated carbocycles. The van der Waals surface area contributed by atoms with E-state index in [9.17, 15) is 0 Å². The number of nitrogens with one attached hydrogen (secondary N) is 1. The zero-order chi connectivity index (χ0) is 20.2. The Morgan fingerprint density at radius 1 is 1.07 bits per heavy atom. The molecule has 2 heterocycles. The molecule has 1 saturated heterocycles. The monoisotopic (exact) mass is 416 g/mol. The maximum absolute atomic E-state index is 5.62. The third kappa shape index (κ3) is 4.44. The number of nitrogens with zero attached hydrogens (tertiary/aromatic N) is 5. The maximum atomic E-state index is 5.62. The van der Waals surface area contributed by atoms with Gasteiger partial charge < -0.3 is 19.7 Å². The highest BCUT2D eigenvalue weighted by atomic mass is 32.1. The number of hydrogen-bond acceptors (Lipinski definition) is 6. The van der Waals surface area contributed by atoms with Gasteiger partial charge in [0.25, 0.3) is 0 Å². The fourth-order valence-electron chi connectivity index (χ4n) is 4.11. The second-order valence-electron chi connectivity index (χ2n) is 7.65. The SMILES string of the molecule is COc1ccc(-c2nnn(C3CCN(C(=S)NC4CCCC4)CC3)n2)cc1OC. The van der Waals surface area contributed by atoms with Crippen LogP contribution in [-0.2, 0) is 0 Å². The number of piperidine rings is 1. The van der Waals surface area contributed by atoms with Crippen LogP contribution in [0.5, 0.6) is 11.5 Å². The first-order chi connectivity index (χ1) is 14.2. The standard InChI is InChI=1S/C20H28N6O2S/c1-27-17-8-7-14(13-18(17)28-2)19-22-24-26(23-19)16-9-11-25(12-10-16)20(29)21-15-5-3-4-6-15/h7-8,13,15-16H,3-6,9-12H2,1-2H3,(H,21,29). The first-order valence-electron chi connectivity index (χ1n) is 10.3. The number of tetrazole rings is 1. The van der Waals surface area contributed by atoms with Crippen molar-refractivity contribution in [1.82, 2.24) is 30.4 Å². The van der Waals surface area contributed by atoms with Gasteiger partial charge in [0.05, 0.1) is 20.3 Å². The van der Waals surface area contributed by atoms with Gasteiger partial charge in [0.15, 0.2) is 16.6 Å². The summed E-state index contributed by atoms with van der Waals surface area (Å²) in [6.07, 6.45) is 6.99. The maximum Gasteiger partial charge on any atom is 0.205 e. The number of thiocarbonyl (C=S) groups is 1. The first-order valence-corrected chi connectivity index (χ1v) is 10.7. The van der Waals surface area contributed by atoms with Crippen LogP contribution < -0.4 is 14.8 Å². The number of benzene rings is 1. The molecule has 4 rings (SSSR count). The van der Waals surface area contributed by atoms with Crippen molar-refractivity contribution in [1.29, 1.82) is 0 Å². The van der Waals surface area contributed by atoms with Crippen LogP contribution in [0.3, 0.4) is 0 Å². The van der Waals surface area contributed by atoms with Gasteiger partial charge in [-0.05, 0) is 61.3 Å². The van der Waals surface area contributed by atoms with Crippen molar-refractivity contribution in [3.63, 3.8) is 0 Å². The Kier molecular flexibility index (Phi) is 6.13. The van der Waals surface area contributed by atoms with Gasteiger partial charge in [0, 0.05) is 24.7 Å². The molecular formula is C20H28N6O2S. The van der Waals surface area contributed by atoms with Crippen LogP contribution in [0.2, 0.25) is 0 Å². The van der Waals surface area contributed by atoms with Crippen LogP contribution in [0.4, 0.5) is 0 Å². The van der Waals surface area contributed by atoms with E-state index < -0.39 is 0 Å². The van der Waals surface area contributed by atoms with Gasteiger partial charge in [-0.25, -0.2) is 0 Å². The molecular weight excluding hydrogens is 388 g/mol. The summed E-state index contributed by atoms with van der Waals surface area (Å²) in [4.78, 5) is 4.02. The molecule has 0 spiro atoms. The smallest absolute Gasteiger partial charge is 0.205 e. The lowest BCUT2D eigenvalue weighted by Crippen LogP contribution is -2.47. The summed E-state index contributed by atoms with van der Waals surface area (Å²) in [6.45, 7) is 1.83. The minimum absolute atomic E-state index is 0.238. The lowest BCUT2D eigenvalue weighted by atomic mass is 10.1. The van der Waals surface area contributed by atoms with E-state index in [1.54, 1.807) is 19.0 Å². The lowest BCUT2D eigenvalue weighted by molar-refractivity contribution is 0.233. The van der Waals surface area contributed by atoms with Crippen LogP contribution in [0.1, 0.15) is 44.6 Å². The van der Waals surface area contributed by atoms with Crippen molar-refractivity contribution in [3.8, 4) is 22.9 Å². The highest BCUT2D eigenvalue weighted by Gasteiger charge is 2.26. The fourth-order valence-corrected chi connectivity index (χ4v) is 4.46. The molecule has 1 aromatic carbocycles. The molecule has 8 nitrogen and oxygen atoms in total. The molecule has 2 aliphatic rings. The summed E-state index contributed by atoms with van der Waals surface area (Å²) >= 11 is 5.62. The number of rotatable bonds is 5. The van der Waals surface area contributed by atoms with E-state index in [0.29, 0.717) is 23.4 Å². The van der Waals surface area contributed by atoms with Crippen molar-refractivity contribution in [2.45, 2.75) is 50.6 Å². The molecule has 1 aliphatic heterocycles. The quantitative estimate of drug-likeness (QED) is 0.746. The summed E-state index contributed by atoms with van der Waals surface area (Å²) < 4.78 is 10.7. The highest BCUT2D eigenvalue weighted by molar-refractivity contribution is 7.80.